The highest BCUT2D eigenvalue weighted by atomic mass is 32.2. The predicted molar refractivity (Wildman–Crippen MR) is 100 cm³/mol. The second kappa shape index (κ2) is 7.93. The SMILES string of the molecule is CCN(C(=O)CSCc1nc2ccccc2s1)c1ccc(F)c(F)c1. The minimum absolute atomic E-state index is 0.139. The van der Waals surface area contributed by atoms with Crippen molar-refractivity contribution in [2.24, 2.45) is 0 Å². The number of anilines is 1. The van der Waals surface area contributed by atoms with Gasteiger partial charge >= 0.3 is 0 Å². The van der Waals surface area contributed by atoms with Gasteiger partial charge in [-0.1, -0.05) is 12.1 Å². The maximum absolute atomic E-state index is 13.4. The number of hydrogen-bond donors (Lipinski definition) is 0. The number of rotatable bonds is 6. The lowest BCUT2D eigenvalue weighted by Crippen LogP contribution is -2.32. The molecule has 3 aromatic rings. The molecule has 0 saturated carbocycles. The number of thiazole rings is 1. The molecule has 0 N–H and O–H groups in total. The van der Waals surface area contributed by atoms with Crippen LogP contribution in [0.2, 0.25) is 0 Å². The number of carbonyl (C=O) groups excluding carboxylic acids is 1. The summed E-state index contributed by atoms with van der Waals surface area (Å²) in [6, 6.07) is 11.4. The molecular weight excluding hydrogens is 362 g/mol. The van der Waals surface area contributed by atoms with Gasteiger partial charge in [-0.2, -0.15) is 0 Å². The Morgan fingerprint density at radius 2 is 2.00 bits per heavy atom. The van der Waals surface area contributed by atoms with Gasteiger partial charge in [-0.3, -0.25) is 4.79 Å². The Balaban J connectivity index is 1.61. The highest BCUT2D eigenvalue weighted by Gasteiger charge is 2.16. The van der Waals surface area contributed by atoms with Crippen molar-refractivity contribution in [3.05, 3.63) is 59.1 Å². The summed E-state index contributed by atoms with van der Waals surface area (Å²) in [5.41, 5.74) is 1.33. The van der Waals surface area contributed by atoms with Crippen LogP contribution in [0, 0.1) is 11.6 Å². The van der Waals surface area contributed by atoms with E-state index in [0.29, 0.717) is 18.0 Å². The van der Waals surface area contributed by atoms with Gasteiger partial charge in [0.05, 0.1) is 16.0 Å². The molecule has 2 aromatic carbocycles. The van der Waals surface area contributed by atoms with E-state index in [0.717, 1.165) is 27.4 Å². The molecule has 0 fully saturated rings. The molecule has 0 aliphatic carbocycles. The van der Waals surface area contributed by atoms with Gasteiger partial charge < -0.3 is 4.90 Å². The summed E-state index contributed by atoms with van der Waals surface area (Å²) >= 11 is 3.08. The highest BCUT2D eigenvalue weighted by molar-refractivity contribution is 7.99. The van der Waals surface area contributed by atoms with Crippen LogP contribution in [-0.4, -0.2) is 23.2 Å². The number of nitrogens with zero attached hydrogens (tertiary/aromatic N) is 2. The van der Waals surface area contributed by atoms with Crippen LogP contribution < -0.4 is 4.90 Å². The Morgan fingerprint density at radius 1 is 1.20 bits per heavy atom. The second-order valence-corrected chi connectivity index (χ2v) is 7.41. The van der Waals surface area contributed by atoms with Gasteiger partial charge in [0.15, 0.2) is 11.6 Å². The quantitative estimate of drug-likeness (QED) is 0.614. The topological polar surface area (TPSA) is 33.2 Å². The molecule has 0 radical (unpaired) electrons. The second-order valence-electron chi connectivity index (χ2n) is 5.30. The van der Waals surface area contributed by atoms with Crippen molar-refractivity contribution < 1.29 is 13.6 Å². The molecule has 25 heavy (non-hydrogen) atoms. The monoisotopic (exact) mass is 378 g/mol. The average Bonchev–Trinajstić information content (AvgIpc) is 3.01. The van der Waals surface area contributed by atoms with Crippen molar-refractivity contribution in [1.29, 1.82) is 0 Å². The number of thioether (sulfide) groups is 1. The first-order valence-electron chi connectivity index (χ1n) is 7.76. The number of carbonyl (C=O) groups is 1. The van der Waals surface area contributed by atoms with E-state index in [2.05, 4.69) is 4.98 Å². The first kappa shape index (κ1) is 17.8. The number of amides is 1. The maximum Gasteiger partial charge on any atom is 0.236 e. The minimum Gasteiger partial charge on any atom is -0.312 e. The van der Waals surface area contributed by atoms with Crippen molar-refractivity contribution in [2.45, 2.75) is 12.7 Å². The zero-order chi connectivity index (χ0) is 17.8. The summed E-state index contributed by atoms with van der Waals surface area (Å²) in [4.78, 5) is 18.4. The fourth-order valence-electron chi connectivity index (χ4n) is 2.44. The van der Waals surface area contributed by atoms with E-state index in [1.54, 1.807) is 18.3 Å². The average molecular weight is 378 g/mol. The molecule has 0 aliphatic rings. The number of para-hydroxylation sites is 1. The Hall–Kier alpha value is -1.99. The number of fused-ring (bicyclic) bond motifs is 1. The van der Waals surface area contributed by atoms with E-state index in [9.17, 15) is 13.6 Å². The van der Waals surface area contributed by atoms with Gasteiger partial charge in [0.1, 0.15) is 5.01 Å². The third kappa shape index (κ3) is 4.16. The zero-order valence-electron chi connectivity index (χ0n) is 13.5. The van der Waals surface area contributed by atoms with Gasteiger partial charge in [-0.05, 0) is 31.2 Å². The number of halogens is 2. The van der Waals surface area contributed by atoms with Crippen LogP contribution in [0.5, 0.6) is 0 Å². The molecule has 3 nitrogen and oxygen atoms in total. The standard InChI is InChI=1S/C18H16F2N2OS2/c1-2-22(12-7-8-13(19)14(20)9-12)18(23)11-24-10-17-21-15-5-3-4-6-16(15)25-17/h3-9H,2,10-11H2,1H3. The lowest BCUT2D eigenvalue weighted by Gasteiger charge is -2.21. The van der Waals surface area contributed by atoms with E-state index in [-0.39, 0.29) is 11.7 Å². The van der Waals surface area contributed by atoms with Gasteiger partial charge in [0.25, 0.3) is 0 Å². The molecule has 0 spiro atoms. The van der Waals surface area contributed by atoms with E-state index in [1.165, 1.54) is 22.7 Å². The molecule has 1 amide bonds. The molecule has 3 rings (SSSR count). The van der Waals surface area contributed by atoms with Crippen LogP contribution in [0.4, 0.5) is 14.5 Å². The molecule has 1 heterocycles. The van der Waals surface area contributed by atoms with Crippen molar-refractivity contribution in [3.63, 3.8) is 0 Å². The number of benzene rings is 2. The Kier molecular flexibility index (Phi) is 5.65. The largest absolute Gasteiger partial charge is 0.312 e. The molecule has 130 valence electrons. The molecule has 0 atom stereocenters. The zero-order valence-corrected chi connectivity index (χ0v) is 15.2. The van der Waals surface area contributed by atoms with Crippen LogP contribution in [0.25, 0.3) is 10.2 Å². The molecular formula is C18H16F2N2OS2. The summed E-state index contributed by atoms with van der Waals surface area (Å²) in [7, 11) is 0. The lowest BCUT2D eigenvalue weighted by atomic mass is 10.2. The normalized spacial score (nSPS) is 11.0. The molecule has 0 saturated heterocycles. The molecule has 1 aromatic heterocycles. The fraction of sp³-hybridized carbons (Fsp3) is 0.222. The van der Waals surface area contributed by atoms with Crippen molar-refractivity contribution in [1.82, 2.24) is 4.98 Å². The first-order chi connectivity index (χ1) is 12.1. The number of aromatic nitrogens is 1. The van der Waals surface area contributed by atoms with Crippen LogP contribution in [0.1, 0.15) is 11.9 Å². The lowest BCUT2D eigenvalue weighted by molar-refractivity contribution is -0.116. The summed E-state index contributed by atoms with van der Waals surface area (Å²) in [5.74, 6) is -1.12. The first-order valence-corrected chi connectivity index (χ1v) is 9.73. The third-order valence-corrected chi connectivity index (χ3v) is 5.77. The van der Waals surface area contributed by atoms with Gasteiger partial charge in [0, 0.05) is 24.1 Å². The summed E-state index contributed by atoms with van der Waals surface area (Å²) in [6.45, 7) is 2.20. The minimum atomic E-state index is -0.953. The van der Waals surface area contributed by atoms with Crippen molar-refractivity contribution in [3.8, 4) is 0 Å². The van der Waals surface area contributed by atoms with Crippen LogP contribution in [0.3, 0.4) is 0 Å². The summed E-state index contributed by atoms with van der Waals surface area (Å²) in [5, 5.41) is 0.967. The highest BCUT2D eigenvalue weighted by Crippen LogP contribution is 2.25. The van der Waals surface area contributed by atoms with Gasteiger partial charge in [-0.15, -0.1) is 23.1 Å². The van der Waals surface area contributed by atoms with Crippen LogP contribution >= 0.6 is 23.1 Å². The third-order valence-electron chi connectivity index (χ3n) is 3.62. The smallest absolute Gasteiger partial charge is 0.236 e. The molecule has 7 heteroatoms. The fourth-order valence-corrected chi connectivity index (χ4v) is 4.36. The van der Waals surface area contributed by atoms with E-state index in [4.69, 9.17) is 0 Å². The number of hydrogen-bond acceptors (Lipinski definition) is 4. The molecule has 0 aliphatic heterocycles. The van der Waals surface area contributed by atoms with E-state index >= 15 is 0 Å². The van der Waals surface area contributed by atoms with Crippen LogP contribution in [-0.2, 0) is 10.5 Å². The molecule has 0 unspecified atom stereocenters. The molecule has 0 bridgehead atoms. The van der Waals surface area contributed by atoms with E-state index in [1.807, 2.05) is 24.3 Å². The van der Waals surface area contributed by atoms with Crippen molar-refractivity contribution >= 4 is 44.9 Å². The van der Waals surface area contributed by atoms with Gasteiger partial charge in [-0.25, -0.2) is 13.8 Å². The van der Waals surface area contributed by atoms with Gasteiger partial charge in [0.2, 0.25) is 5.91 Å². The Labute approximate surface area is 152 Å². The predicted octanol–water partition coefficient (Wildman–Crippen LogP) is 4.86. The summed E-state index contributed by atoms with van der Waals surface area (Å²) < 4.78 is 27.6. The van der Waals surface area contributed by atoms with Crippen molar-refractivity contribution in [2.75, 3.05) is 17.2 Å². The Bertz CT molecular complexity index is 865. The Morgan fingerprint density at radius 3 is 2.72 bits per heavy atom. The maximum atomic E-state index is 13.4. The van der Waals surface area contributed by atoms with Crippen LogP contribution in [0.15, 0.2) is 42.5 Å². The summed E-state index contributed by atoms with van der Waals surface area (Å²) in [6.07, 6.45) is 0. The van der Waals surface area contributed by atoms with E-state index < -0.39 is 11.6 Å².